The first kappa shape index (κ1) is 20.8. The predicted octanol–water partition coefficient (Wildman–Crippen LogP) is 1.15. The van der Waals surface area contributed by atoms with E-state index in [0.29, 0.717) is 37.2 Å². The van der Waals surface area contributed by atoms with E-state index in [1.165, 1.54) is 15.6 Å². The topological polar surface area (TPSA) is 95.0 Å². The van der Waals surface area contributed by atoms with Crippen LogP contribution in [0.4, 0.5) is 0 Å². The van der Waals surface area contributed by atoms with Crippen molar-refractivity contribution in [1.29, 1.82) is 0 Å². The van der Waals surface area contributed by atoms with Gasteiger partial charge in [-0.3, -0.25) is 14.2 Å². The molecule has 2 aromatic heterocycles. The summed E-state index contributed by atoms with van der Waals surface area (Å²) in [4.78, 5) is 43.7. The molecule has 1 saturated heterocycles. The Labute approximate surface area is 179 Å². The highest BCUT2D eigenvalue weighted by Gasteiger charge is 2.29. The number of aryl methyl sites for hydroxylation is 2. The summed E-state index contributed by atoms with van der Waals surface area (Å²) in [6.07, 6.45) is 2.84. The van der Waals surface area contributed by atoms with Crippen molar-refractivity contribution in [2.24, 2.45) is 7.05 Å². The van der Waals surface area contributed by atoms with E-state index >= 15 is 0 Å². The van der Waals surface area contributed by atoms with Crippen LogP contribution in [0.2, 0.25) is 0 Å². The molecule has 0 N–H and O–H groups in total. The second-order valence-corrected chi connectivity index (χ2v) is 7.98. The van der Waals surface area contributed by atoms with Gasteiger partial charge in [-0.2, -0.15) is 5.10 Å². The van der Waals surface area contributed by atoms with Crippen LogP contribution in [0.3, 0.4) is 0 Å². The SMILES string of the molecule is Cc1ncn(CC(=O)N2CCC(c3nn(C)c(=O)n3-c3ccccc3)CC2)c(=O)c1C. The Bertz CT molecular complexity index is 1220. The number of hydrogen-bond donors (Lipinski definition) is 0. The first-order valence-corrected chi connectivity index (χ1v) is 10.4. The average Bonchev–Trinajstić information content (AvgIpc) is 3.09. The number of nitrogens with zero attached hydrogens (tertiary/aromatic N) is 6. The van der Waals surface area contributed by atoms with Crippen molar-refractivity contribution in [3.8, 4) is 5.69 Å². The van der Waals surface area contributed by atoms with Crippen molar-refractivity contribution < 1.29 is 4.79 Å². The summed E-state index contributed by atoms with van der Waals surface area (Å²) in [7, 11) is 1.65. The third-order valence-corrected chi connectivity index (χ3v) is 6.00. The first-order valence-electron chi connectivity index (χ1n) is 10.4. The van der Waals surface area contributed by atoms with E-state index in [9.17, 15) is 14.4 Å². The third-order valence-electron chi connectivity index (χ3n) is 6.00. The maximum Gasteiger partial charge on any atom is 0.350 e. The summed E-state index contributed by atoms with van der Waals surface area (Å²) in [5, 5.41) is 4.49. The fraction of sp³-hybridized carbons (Fsp3) is 0.409. The summed E-state index contributed by atoms with van der Waals surface area (Å²) in [6.45, 7) is 4.58. The molecule has 3 heterocycles. The van der Waals surface area contributed by atoms with Crippen LogP contribution in [0, 0.1) is 13.8 Å². The van der Waals surface area contributed by atoms with E-state index in [1.54, 1.807) is 30.4 Å². The minimum Gasteiger partial charge on any atom is -0.341 e. The van der Waals surface area contributed by atoms with Gasteiger partial charge in [-0.25, -0.2) is 19.0 Å². The van der Waals surface area contributed by atoms with Gasteiger partial charge >= 0.3 is 5.69 Å². The molecule has 0 saturated carbocycles. The number of amides is 1. The van der Waals surface area contributed by atoms with Crippen molar-refractivity contribution in [3.63, 3.8) is 0 Å². The van der Waals surface area contributed by atoms with Gasteiger partial charge in [-0.15, -0.1) is 0 Å². The van der Waals surface area contributed by atoms with Crippen molar-refractivity contribution in [2.45, 2.75) is 39.2 Å². The van der Waals surface area contributed by atoms with Crippen LogP contribution in [0.15, 0.2) is 46.2 Å². The van der Waals surface area contributed by atoms with Gasteiger partial charge in [0, 0.05) is 37.3 Å². The summed E-state index contributed by atoms with van der Waals surface area (Å²) in [5.74, 6) is 0.691. The molecular weight excluding hydrogens is 396 g/mol. The minimum absolute atomic E-state index is 0.0179. The second kappa shape index (κ2) is 8.33. The van der Waals surface area contributed by atoms with Crippen LogP contribution in [0.25, 0.3) is 5.69 Å². The number of hydrogen-bond acceptors (Lipinski definition) is 5. The highest BCUT2D eigenvalue weighted by Crippen LogP contribution is 2.27. The molecule has 0 unspecified atom stereocenters. The number of piperidine rings is 1. The number of aromatic nitrogens is 5. The maximum absolute atomic E-state index is 12.8. The molecule has 0 spiro atoms. The lowest BCUT2D eigenvalue weighted by molar-refractivity contribution is -0.133. The van der Waals surface area contributed by atoms with Crippen molar-refractivity contribution in [2.75, 3.05) is 13.1 Å². The smallest absolute Gasteiger partial charge is 0.341 e. The van der Waals surface area contributed by atoms with E-state index in [4.69, 9.17) is 0 Å². The van der Waals surface area contributed by atoms with E-state index in [1.807, 2.05) is 30.3 Å². The molecule has 4 rings (SSSR count). The molecule has 1 fully saturated rings. The van der Waals surface area contributed by atoms with Gasteiger partial charge in [0.1, 0.15) is 12.4 Å². The Hall–Kier alpha value is -3.49. The van der Waals surface area contributed by atoms with Crippen LogP contribution >= 0.6 is 0 Å². The van der Waals surface area contributed by atoms with Crippen LogP contribution in [0.5, 0.6) is 0 Å². The van der Waals surface area contributed by atoms with Gasteiger partial charge in [0.15, 0.2) is 0 Å². The van der Waals surface area contributed by atoms with Crippen molar-refractivity contribution >= 4 is 5.91 Å². The molecule has 3 aromatic rings. The summed E-state index contributed by atoms with van der Waals surface area (Å²) < 4.78 is 4.38. The number of benzene rings is 1. The van der Waals surface area contributed by atoms with Crippen molar-refractivity contribution in [3.05, 3.63) is 74.6 Å². The zero-order valence-electron chi connectivity index (χ0n) is 18.0. The summed E-state index contributed by atoms with van der Waals surface area (Å²) in [6, 6.07) is 9.47. The van der Waals surface area contributed by atoms with Crippen LogP contribution < -0.4 is 11.2 Å². The Balaban J connectivity index is 1.48. The molecule has 162 valence electrons. The van der Waals surface area contributed by atoms with E-state index in [-0.39, 0.29) is 29.6 Å². The molecule has 1 aliphatic rings. The molecule has 1 aliphatic heterocycles. The Morgan fingerprint density at radius 3 is 2.45 bits per heavy atom. The first-order chi connectivity index (χ1) is 14.9. The predicted molar refractivity (Wildman–Crippen MR) is 115 cm³/mol. The van der Waals surface area contributed by atoms with Crippen LogP contribution in [0.1, 0.15) is 35.8 Å². The summed E-state index contributed by atoms with van der Waals surface area (Å²) >= 11 is 0. The Kier molecular flexibility index (Phi) is 5.58. The molecule has 0 aliphatic carbocycles. The molecule has 0 bridgehead atoms. The van der Waals surface area contributed by atoms with Gasteiger partial charge in [0.05, 0.1) is 12.0 Å². The number of likely N-dealkylation sites (tertiary alicyclic amines) is 1. The van der Waals surface area contributed by atoms with Crippen molar-refractivity contribution in [1.82, 2.24) is 28.8 Å². The molecule has 9 nitrogen and oxygen atoms in total. The molecule has 31 heavy (non-hydrogen) atoms. The zero-order valence-corrected chi connectivity index (χ0v) is 18.0. The van der Waals surface area contributed by atoms with Gasteiger partial charge < -0.3 is 4.90 Å². The Morgan fingerprint density at radius 1 is 1.10 bits per heavy atom. The number of carbonyl (C=O) groups excluding carboxylic acids is 1. The van der Waals surface area contributed by atoms with E-state index in [0.717, 1.165) is 11.5 Å². The number of rotatable bonds is 4. The highest BCUT2D eigenvalue weighted by atomic mass is 16.2. The monoisotopic (exact) mass is 422 g/mol. The Morgan fingerprint density at radius 2 is 1.77 bits per heavy atom. The van der Waals surface area contributed by atoms with Crippen LogP contribution in [-0.2, 0) is 18.4 Å². The molecular formula is C22H26N6O3. The quantitative estimate of drug-likeness (QED) is 0.629. The second-order valence-electron chi connectivity index (χ2n) is 7.98. The maximum atomic E-state index is 12.8. The highest BCUT2D eigenvalue weighted by molar-refractivity contribution is 5.76. The zero-order chi connectivity index (χ0) is 22.1. The van der Waals surface area contributed by atoms with E-state index < -0.39 is 0 Å². The lowest BCUT2D eigenvalue weighted by Crippen LogP contribution is -2.41. The van der Waals surface area contributed by atoms with Gasteiger partial charge in [-0.1, -0.05) is 18.2 Å². The van der Waals surface area contributed by atoms with Gasteiger partial charge in [0.25, 0.3) is 5.56 Å². The molecule has 1 aromatic carbocycles. The lowest BCUT2D eigenvalue weighted by atomic mass is 9.95. The molecule has 0 atom stereocenters. The largest absolute Gasteiger partial charge is 0.350 e. The van der Waals surface area contributed by atoms with Gasteiger partial charge in [0.2, 0.25) is 5.91 Å². The average molecular weight is 422 g/mol. The molecule has 1 amide bonds. The minimum atomic E-state index is -0.184. The standard InChI is InChI=1S/C22H26N6O3/c1-15-16(2)23-14-27(21(15)30)13-19(29)26-11-9-17(10-12-26)20-24-25(3)22(31)28(20)18-7-5-4-6-8-18/h4-8,14,17H,9-13H2,1-3H3. The fourth-order valence-electron chi connectivity index (χ4n) is 3.99. The fourth-order valence-corrected chi connectivity index (χ4v) is 3.99. The molecule has 9 heteroatoms. The van der Waals surface area contributed by atoms with Crippen LogP contribution in [-0.4, -0.2) is 47.8 Å². The number of para-hydroxylation sites is 1. The normalized spacial score (nSPS) is 14.7. The molecule has 0 radical (unpaired) electrons. The number of carbonyl (C=O) groups is 1. The third kappa shape index (κ3) is 3.95. The van der Waals surface area contributed by atoms with E-state index in [2.05, 4.69) is 10.1 Å². The lowest BCUT2D eigenvalue weighted by Gasteiger charge is -2.31. The van der Waals surface area contributed by atoms with Gasteiger partial charge in [-0.05, 0) is 38.8 Å². The summed E-state index contributed by atoms with van der Waals surface area (Å²) in [5.41, 5.74) is 1.66.